The van der Waals surface area contributed by atoms with Gasteiger partial charge in [-0.3, -0.25) is 24.5 Å². The second-order valence-corrected chi connectivity index (χ2v) is 10.8. The lowest BCUT2D eigenvalue weighted by atomic mass is 9.64. The molecule has 7 rings (SSSR count). The molecule has 0 bridgehead atoms. The summed E-state index contributed by atoms with van der Waals surface area (Å²) < 4.78 is 0. The Morgan fingerprint density at radius 1 is 0.854 bits per heavy atom. The van der Waals surface area contributed by atoms with Crippen LogP contribution >= 0.6 is 0 Å². The van der Waals surface area contributed by atoms with Crippen molar-refractivity contribution in [3.05, 3.63) is 147 Å². The lowest BCUT2D eigenvalue weighted by molar-refractivity contribution is -0.384. The number of ketones is 3. The van der Waals surface area contributed by atoms with E-state index in [1.54, 1.807) is 60.7 Å². The number of carbonyl (C=O) groups excluding carboxylic acids is 3. The number of rotatable bonds is 4. The molecule has 3 aliphatic rings. The predicted molar refractivity (Wildman–Crippen MR) is 154 cm³/mol. The van der Waals surface area contributed by atoms with Crippen LogP contribution in [0.5, 0.6) is 0 Å². The van der Waals surface area contributed by atoms with Crippen molar-refractivity contribution in [1.29, 1.82) is 0 Å². The molecule has 1 unspecified atom stereocenters. The van der Waals surface area contributed by atoms with Crippen LogP contribution in [0.2, 0.25) is 0 Å². The topological polar surface area (TPSA) is 97.6 Å². The van der Waals surface area contributed by atoms with Crippen LogP contribution in [0.25, 0.3) is 6.08 Å². The molecule has 7 nitrogen and oxygen atoms in total. The molecule has 3 atom stereocenters. The highest BCUT2D eigenvalue weighted by molar-refractivity contribution is 6.32. The van der Waals surface area contributed by atoms with Gasteiger partial charge in [-0.05, 0) is 29.7 Å². The van der Waals surface area contributed by atoms with E-state index < -0.39 is 28.3 Å². The van der Waals surface area contributed by atoms with Crippen LogP contribution in [0, 0.1) is 22.5 Å². The van der Waals surface area contributed by atoms with Gasteiger partial charge in [-0.1, -0.05) is 91.0 Å². The second kappa shape index (κ2) is 8.93. The molecule has 2 aliphatic heterocycles. The number of aryl methyl sites for hydroxylation is 1. The SMILES string of the molecule is Cc1ccc2c(c1)N1C(C=C2)C2(C(=O)c3ccccc3C2=O)[C@@H](c2ccc([N+](=O)[O-])cc2)[C@@H]1C(=O)c1ccccc1. The first-order chi connectivity index (χ1) is 19.8. The number of anilines is 1. The van der Waals surface area contributed by atoms with Crippen LogP contribution in [-0.2, 0) is 0 Å². The van der Waals surface area contributed by atoms with Gasteiger partial charge in [0.1, 0.15) is 11.5 Å². The molecule has 4 aromatic rings. The zero-order valence-corrected chi connectivity index (χ0v) is 22.1. The third-order valence-electron chi connectivity index (χ3n) is 8.75. The van der Waals surface area contributed by atoms with Crippen LogP contribution in [0.4, 0.5) is 11.4 Å². The molecular weight excluding hydrogens is 516 g/mol. The van der Waals surface area contributed by atoms with E-state index in [1.165, 1.54) is 12.1 Å². The van der Waals surface area contributed by atoms with Gasteiger partial charge in [0.2, 0.25) is 0 Å². The number of nitro groups is 1. The normalized spacial score (nSPS) is 21.5. The highest BCUT2D eigenvalue weighted by Crippen LogP contribution is 2.61. The van der Waals surface area contributed by atoms with Crippen molar-refractivity contribution in [3.63, 3.8) is 0 Å². The van der Waals surface area contributed by atoms with E-state index in [9.17, 15) is 24.5 Å². The number of hydrogen-bond acceptors (Lipinski definition) is 6. The van der Waals surface area contributed by atoms with Gasteiger partial charge in [0.05, 0.1) is 11.0 Å². The number of fused-ring (bicyclic) bond motifs is 5. The number of nitro benzene ring substituents is 1. The zero-order chi connectivity index (χ0) is 28.5. The molecule has 0 saturated carbocycles. The maximum absolute atomic E-state index is 14.6. The smallest absolute Gasteiger partial charge is 0.269 e. The number of carbonyl (C=O) groups is 3. The minimum atomic E-state index is -1.65. The lowest BCUT2D eigenvalue weighted by Gasteiger charge is -2.37. The minimum Gasteiger partial charge on any atom is -0.352 e. The molecule has 2 heterocycles. The Balaban J connectivity index is 1.55. The van der Waals surface area contributed by atoms with Gasteiger partial charge in [0.25, 0.3) is 5.69 Å². The summed E-state index contributed by atoms with van der Waals surface area (Å²) in [5.74, 6) is -1.80. The minimum absolute atomic E-state index is 0.113. The Morgan fingerprint density at radius 3 is 2.12 bits per heavy atom. The number of Topliss-reactive ketones (excluding diaryl/α,β-unsaturated/α-hetero) is 3. The quantitative estimate of drug-likeness (QED) is 0.132. The zero-order valence-electron chi connectivity index (χ0n) is 22.1. The molecule has 0 aromatic heterocycles. The first-order valence-electron chi connectivity index (χ1n) is 13.4. The van der Waals surface area contributed by atoms with Crippen molar-refractivity contribution in [2.75, 3.05) is 4.90 Å². The number of nitrogens with zero attached hydrogens (tertiary/aromatic N) is 2. The van der Waals surface area contributed by atoms with E-state index in [-0.39, 0.29) is 23.0 Å². The lowest BCUT2D eigenvalue weighted by Crippen LogP contribution is -2.48. The predicted octanol–water partition coefficient (Wildman–Crippen LogP) is 6.22. The summed E-state index contributed by atoms with van der Waals surface area (Å²) in [7, 11) is 0. The van der Waals surface area contributed by atoms with Crippen molar-refractivity contribution < 1.29 is 19.3 Å². The molecule has 41 heavy (non-hydrogen) atoms. The van der Waals surface area contributed by atoms with E-state index >= 15 is 0 Å². The molecule has 1 aliphatic carbocycles. The Labute approximate surface area is 235 Å². The molecule has 1 spiro atoms. The fraction of sp³-hybridized carbons (Fsp3) is 0.147. The summed E-state index contributed by atoms with van der Waals surface area (Å²) in [5, 5.41) is 11.5. The Kier molecular flexibility index (Phi) is 5.41. The highest BCUT2D eigenvalue weighted by atomic mass is 16.6. The van der Waals surface area contributed by atoms with Gasteiger partial charge < -0.3 is 4.90 Å². The molecule has 0 radical (unpaired) electrons. The van der Waals surface area contributed by atoms with Crippen molar-refractivity contribution in [3.8, 4) is 0 Å². The van der Waals surface area contributed by atoms with Gasteiger partial charge in [-0.2, -0.15) is 0 Å². The van der Waals surface area contributed by atoms with Crippen molar-refractivity contribution in [1.82, 2.24) is 0 Å². The second-order valence-electron chi connectivity index (χ2n) is 10.8. The highest BCUT2D eigenvalue weighted by Gasteiger charge is 2.71. The van der Waals surface area contributed by atoms with Crippen molar-refractivity contribution in [2.45, 2.75) is 24.9 Å². The number of non-ortho nitro benzene ring substituents is 1. The van der Waals surface area contributed by atoms with Crippen LogP contribution in [0.3, 0.4) is 0 Å². The van der Waals surface area contributed by atoms with E-state index in [2.05, 4.69) is 0 Å². The monoisotopic (exact) mass is 540 g/mol. The third kappa shape index (κ3) is 3.35. The van der Waals surface area contributed by atoms with Gasteiger partial charge in [-0.15, -0.1) is 0 Å². The fourth-order valence-electron chi connectivity index (χ4n) is 7.02. The van der Waals surface area contributed by atoms with Gasteiger partial charge in [0.15, 0.2) is 17.3 Å². The maximum atomic E-state index is 14.6. The summed E-state index contributed by atoms with van der Waals surface area (Å²) >= 11 is 0. The molecule has 1 saturated heterocycles. The Morgan fingerprint density at radius 2 is 1.49 bits per heavy atom. The molecule has 7 heteroatoms. The maximum Gasteiger partial charge on any atom is 0.269 e. The van der Waals surface area contributed by atoms with Gasteiger partial charge in [0, 0.05) is 40.4 Å². The molecular formula is C34H24N2O5. The van der Waals surface area contributed by atoms with Crippen LogP contribution < -0.4 is 4.90 Å². The van der Waals surface area contributed by atoms with E-state index in [0.29, 0.717) is 22.3 Å². The Hall–Kier alpha value is -5.17. The summed E-state index contributed by atoms with van der Waals surface area (Å²) in [6.45, 7) is 1.96. The molecule has 4 aromatic carbocycles. The summed E-state index contributed by atoms with van der Waals surface area (Å²) in [5.41, 5.74) is 2.52. The fourth-order valence-corrected chi connectivity index (χ4v) is 7.02. The van der Waals surface area contributed by atoms with E-state index in [0.717, 1.165) is 16.8 Å². The van der Waals surface area contributed by atoms with Crippen molar-refractivity contribution >= 4 is 34.8 Å². The van der Waals surface area contributed by atoms with E-state index in [1.807, 2.05) is 48.2 Å². The number of benzene rings is 4. The van der Waals surface area contributed by atoms with E-state index in [4.69, 9.17) is 0 Å². The van der Waals surface area contributed by atoms with Gasteiger partial charge in [-0.25, -0.2) is 0 Å². The first-order valence-corrected chi connectivity index (χ1v) is 13.4. The molecule has 0 amide bonds. The summed E-state index contributed by atoms with van der Waals surface area (Å²) in [6.07, 6.45) is 3.79. The molecule has 0 N–H and O–H groups in total. The van der Waals surface area contributed by atoms with Crippen LogP contribution in [0.1, 0.15) is 53.7 Å². The third-order valence-corrected chi connectivity index (χ3v) is 8.75. The summed E-state index contributed by atoms with van der Waals surface area (Å²) in [4.78, 5) is 56.8. The Bertz CT molecular complexity index is 1770. The number of hydrogen-bond donors (Lipinski definition) is 0. The van der Waals surface area contributed by atoms with Gasteiger partial charge >= 0.3 is 0 Å². The van der Waals surface area contributed by atoms with Crippen LogP contribution in [-0.4, -0.2) is 34.4 Å². The standard InChI is InChI=1S/C34H24N2O5/c1-20-11-12-21-15-18-28-34(32(38)25-9-5-6-10-26(25)33(34)39)29(22-13-16-24(17-14-22)36(40)41)30(35(28)27(21)19-20)31(37)23-7-3-2-4-8-23/h2-19,28-30H,1H3/t28?,29-,30+/m0/s1. The molecule has 1 fully saturated rings. The van der Waals surface area contributed by atoms with Crippen LogP contribution in [0.15, 0.2) is 103 Å². The largest absolute Gasteiger partial charge is 0.352 e. The summed E-state index contributed by atoms with van der Waals surface area (Å²) in [6, 6.07) is 25.8. The molecule has 200 valence electrons. The van der Waals surface area contributed by atoms with Crippen molar-refractivity contribution in [2.24, 2.45) is 5.41 Å². The average Bonchev–Trinajstić information content (AvgIpc) is 3.43. The average molecular weight is 541 g/mol. The first kappa shape index (κ1) is 24.8.